The molecule has 96 valence electrons. The lowest BCUT2D eigenvalue weighted by atomic mass is 10.2. The average Bonchev–Trinajstić information content (AvgIpc) is 2.26. The van der Waals surface area contributed by atoms with E-state index in [2.05, 4.69) is 15.9 Å². The van der Waals surface area contributed by atoms with Crippen LogP contribution in [0.5, 0.6) is 0 Å². The molecule has 0 saturated heterocycles. The van der Waals surface area contributed by atoms with Gasteiger partial charge < -0.3 is 10.6 Å². The maximum atomic E-state index is 12.0. The average molecular weight is 342 g/mol. The van der Waals surface area contributed by atoms with Crippen LogP contribution in [0.15, 0.2) is 22.7 Å². The Bertz CT molecular complexity index is 401. The molecule has 0 radical (unpaired) electrons. The van der Waals surface area contributed by atoms with E-state index < -0.39 is 0 Å². The van der Waals surface area contributed by atoms with Gasteiger partial charge in [-0.05, 0) is 25.1 Å². The maximum Gasteiger partial charge on any atom is 0.255 e. The predicted octanol–water partition coefficient (Wildman–Crippen LogP) is 2.94. The number of carbonyl (C=O) groups excluding carboxylic acids is 1. The fourth-order valence-electron chi connectivity index (χ4n) is 1.21. The second-order valence-corrected chi connectivity index (χ2v) is 4.95. The van der Waals surface area contributed by atoms with Crippen LogP contribution in [0, 0.1) is 0 Å². The normalized spacial score (nSPS) is 11.6. The Labute approximate surface area is 121 Å². The molecule has 0 aliphatic heterocycles. The molecule has 1 rings (SSSR count). The molecule has 1 atom stereocenters. The van der Waals surface area contributed by atoms with E-state index >= 15 is 0 Å². The summed E-state index contributed by atoms with van der Waals surface area (Å²) in [5.74, 6) is -0.115. The van der Waals surface area contributed by atoms with Crippen molar-refractivity contribution in [3.05, 3.63) is 33.3 Å². The van der Waals surface area contributed by atoms with Crippen LogP contribution in [0.1, 0.15) is 17.3 Å². The highest BCUT2D eigenvalue weighted by Gasteiger charge is 2.18. The van der Waals surface area contributed by atoms with E-state index in [-0.39, 0.29) is 24.4 Å². The Balaban J connectivity index is 0.00000256. The van der Waals surface area contributed by atoms with Crippen molar-refractivity contribution in [2.24, 2.45) is 5.73 Å². The maximum absolute atomic E-state index is 12.0. The van der Waals surface area contributed by atoms with Gasteiger partial charge in [-0.25, -0.2) is 0 Å². The molecule has 1 aromatic rings. The van der Waals surface area contributed by atoms with Crippen LogP contribution in [-0.4, -0.2) is 30.4 Å². The van der Waals surface area contributed by atoms with Crippen LogP contribution >= 0.6 is 39.9 Å². The smallest absolute Gasteiger partial charge is 0.255 e. The van der Waals surface area contributed by atoms with E-state index in [1.807, 2.05) is 6.92 Å². The number of halogens is 3. The van der Waals surface area contributed by atoms with Gasteiger partial charge in [-0.15, -0.1) is 12.4 Å². The Morgan fingerprint density at radius 2 is 2.18 bits per heavy atom. The summed E-state index contributed by atoms with van der Waals surface area (Å²) in [6.07, 6.45) is 0. The summed E-state index contributed by atoms with van der Waals surface area (Å²) in [6, 6.07) is 5.19. The van der Waals surface area contributed by atoms with Gasteiger partial charge in [-0.3, -0.25) is 4.79 Å². The lowest BCUT2D eigenvalue weighted by Crippen LogP contribution is -2.39. The summed E-state index contributed by atoms with van der Waals surface area (Å²) in [5, 5.41) is 0.440. The summed E-state index contributed by atoms with van der Waals surface area (Å²) in [7, 11) is 1.72. The van der Waals surface area contributed by atoms with Crippen LogP contribution < -0.4 is 5.73 Å². The fraction of sp³-hybridized carbons (Fsp3) is 0.364. The molecule has 1 unspecified atom stereocenters. The molecular weight excluding hydrogens is 327 g/mol. The molecule has 0 aliphatic carbocycles. The summed E-state index contributed by atoms with van der Waals surface area (Å²) in [6.45, 7) is 2.32. The minimum Gasteiger partial charge on any atom is -0.338 e. The monoisotopic (exact) mass is 340 g/mol. The topological polar surface area (TPSA) is 46.3 Å². The molecule has 0 fully saturated rings. The van der Waals surface area contributed by atoms with Crippen molar-refractivity contribution in [1.29, 1.82) is 0 Å². The van der Waals surface area contributed by atoms with Crippen molar-refractivity contribution in [2.45, 2.75) is 13.0 Å². The van der Waals surface area contributed by atoms with E-state index in [1.165, 1.54) is 0 Å². The molecule has 2 N–H and O–H groups in total. The lowest BCUT2D eigenvalue weighted by Gasteiger charge is -2.24. The second kappa shape index (κ2) is 7.21. The van der Waals surface area contributed by atoms with Crippen molar-refractivity contribution in [3.63, 3.8) is 0 Å². The molecule has 0 bridgehead atoms. The summed E-state index contributed by atoms with van der Waals surface area (Å²) >= 11 is 9.30. The third kappa shape index (κ3) is 4.14. The number of carbonyl (C=O) groups is 1. The molecule has 0 aromatic heterocycles. The Morgan fingerprint density at radius 3 is 2.65 bits per heavy atom. The predicted molar refractivity (Wildman–Crippen MR) is 77.0 cm³/mol. The molecule has 0 aliphatic rings. The van der Waals surface area contributed by atoms with Crippen LogP contribution in [-0.2, 0) is 0 Å². The van der Waals surface area contributed by atoms with E-state index in [0.29, 0.717) is 17.1 Å². The Kier molecular flexibility index (Phi) is 7.09. The van der Waals surface area contributed by atoms with Crippen molar-refractivity contribution in [2.75, 3.05) is 13.6 Å². The van der Waals surface area contributed by atoms with Gasteiger partial charge in [0.05, 0.1) is 10.6 Å². The van der Waals surface area contributed by atoms with E-state index in [9.17, 15) is 4.79 Å². The van der Waals surface area contributed by atoms with E-state index in [0.717, 1.165) is 4.47 Å². The van der Waals surface area contributed by atoms with Gasteiger partial charge in [0.1, 0.15) is 0 Å². The quantitative estimate of drug-likeness (QED) is 0.918. The molecule has 0 spiro atoms. The first-order valence-electron chi connectivity index (χ1n) is 4.89. The zero-order chi connectivity index (χ0) is 12.3. The molecular formula is C11H15BrCl2N2O. The van der Waals surface area contributed by atoms with Gasteiger partial charge >= 0.3 is 0 Å². The SMILES string of the molecule is CC(CN)N(C)C(=O)c1ccc(Br)cc1Cl.Cl. The highest BCUT2D eigenvalue weighted by atomic mass is 79.9. The number of benzene rings is 1. The molecule has 1 amide bonds. The molecule has 0 heterocycles. The van der Waals surface area contributed by atoms with Crippen LogP contribution in [0.2, 0.25) is 5.02 Å². The zero-order valence-corrected chi connectivity index (χ0v) is 12.8. The summed E-state index contributed by atoms with van der Waals surface area (Å²) in [4.78, 5) is 13.6. The van der Waals surface area contributed by atoms with Gasteiger partial charge in [-0.1, -0.05) is 27.5 Å². The summed E-state index contributed by atoms with van der Waals surface area (Å²) in [5.41, 5.74) is 6.01. The van der Waals surface area contributed by atoms with Crippen molar-refractivity contribution in [1.82, 2.24) is 4.90 Å². The van der Waals surface area contributed by atoms with Crippen molar-refractivity contribution < 1.29 is 4.79 Å². The molecule has 1 aromatic carbocycles. The molecule has 17 heavy (non-hydrogen) atoms. The number of hydrogen-bond donors (Lipinski definition) is 1. The molecule has 3 nitrogen and oxygen atoms in total. The lowest BCUT2D eigenvalue weighted by molar-refractivity contribution is 0.0748. The first-order chi connectivity index (χ1) is 7.47. The van der Waals surface area contributed by atoms with Gasteiger partial charge in [0, 0.05) is 24.1 Å². The number of rotatable bonds is 3. The summed E-state index contributed by atoms with van der Waals surface area (Å²) < 4.78 is 0.851. The first-order valence-corrected chi connectivity index (χ1v) is 6.06. The second-order valence-electron chi connectivity index (χ2n) is 3.62. The zero-order valence-electron chi connectivity index (χ0n) is 9.61. The number of hydrogen-bond acceptors (Lipinski definition) is 2. The Morgan fingerprint density at radius 1 is 1.59 bits per heavy atom. The van der Waals surface area contributed by atoms with Gasteiger partial charge in [0.25, 0.3) is 5.91 Å². The minimum absolute atomic E-state index is 0. The fourth-order valence-corrected chi connectivity index (χ4v) is 1.97. The van der Waals surface area contributed by atoms with Gasteiger partial charge in [-0.2, -0.15) is 0 Å². The minimum atomic E-state index is -0.115. The van der Waals surface area contributed by atoms with Crippen LogP contribution in [0.25, 0.3) is 0 Å². The number of likely N-dealkylation sites (N-methyl/N-ethyl adjacent to an activating group) is 1. The molecule has 6 heteroatoms. The number of nitrogens with zero attached hydrogens (tertiary/aromatic N) is 1. The van der Waals surface area contributed by atoms with Crippen molar-refractivity contribution >= 4 is 45.8 Å². The third-order valence-electron chi connectivity index (χ3n) is 2.48. The third-order valence-corrected chi connectivity index (χ3v) is 3.29. The molecule has 0 saturated carbocycles. The standard InChI is InChI=1S/C11H14BrClN2O.ClH/c1-7(6-14)15(2)11(16)9-4-3-8(12)5-10(9)13;/h3-5,7H,6,14H2,1-2H3;1H. The highest BCUT2D eigenvalue weighted by Crippen LogP contribution is 2.22. The highest BCUT2D eigenvalue weighted by molar-refractivity contribution is 9.10. The van der Waals surface area contributed by atoms with E-state index in [4.69, 9.17) is 17.3 Å². The number of amides is 1. The number of nitrogens with two attached hydrogens (primary N) is 1. The van der Waals surface area contributed by atoms with Crippen LogP contribution in [0.4, 0.5) is 0 Å². The largest absolute Gasteiger partial charge is 0.338 e. The first kappa shape index (κ1) is 16.7. The Hall–Kier alpha value is -0.290. The van der Waals surface area contributed by atoms with Crippen LogP contribution in [0.3, 0.4) is 0 Å². The van der Waals surface area contributed by atoms with Gasteiger partial charge in [0.15, 0.2) is 0 Å². The van der Waals surface area contributed by atoms with E-state index in [1.54, 1.807) is 30.1 Å². The van der Waals surface area contributed by atoms with Gasteiger partial charge in [0.2, 0.25) is 0 Å². The van der Waals surface area contributed by atoms with Crippen molar-refractivity contribution in [3.8, 4) is 0 Å².